The quantitative estimate of drug-likeness (QED) is 0.859. The number of benzene rings is 1. The third kappa shape index (κ3) is 4.05. The summed E-state index contributed by atoms with van der Waals surface area (Å²) in [6, 6.07) is 11.7. The van der Waals surface area contributed by atoms with Crippen LogP contribution in [0.5, 0.6) is 0 Å². The highest BCUT2D eigenvalue weighted by molar-refractivity contribution is 5.89. The summed E-state index contributed by atoms with van der Waals surface area (Å²) in [5, 5.41) is 10.5. The largest absolute Gasteiger partial charge is 0.389 e. The highest BCUT2D eigenvalue weighted by Crippen LogP contribution is 2.39. The van der Waals surface area contributed by atoms with E-state index < -0.39 is 12.1 Å². The number of hydrogen-bond donors (Lipinski definition) is 1. The molecule has 1 aromatic carbocycles. The lowest BCUT2D eigenvalue weighted by Crippen LogP contribution is -2.43. The van der Waals surface area contributed by atoms with Crippen LogP contribution in [-0.4, -0.2) is 40.0 Å². The van der Waals surface area contributed by atoms with Crippen LogP contribution < -0.4 is 0 Å². The Hall–Kier alpha value is -2.37. The molecule has 0 radical (unpaired) electrons. The van der Waals surface area contributed by atoms with E-state index in [1.54, 1.807) is 18.2 Å². The number of nitrogens with zero attached hydrogens (tertiary/aromatic N) is 2. The van der Waals surface area contributed by atoms with Crippen molar-refractivity contribution in [3.63, 3.8) is 0 Å². The van der Waals surface area contributed by atoms with Gasteiger partial charge in [-0.1, -0.05) is 24.3 Å². The topological polar surface area (TPSA) is 53.4 Å². The Balaban J connectivity index is 1.65. The van der Waals surface area contributed by atoms with Crippen LogP contribution in [-0.2, 0) is 4.79 Å². The fraction of sp³-hybridized carbons (Fsp3) is 0.391. The molecular weight excluding hydrogens is 355 g/mol. The summed E-state index contributed by atoms with van der Waals surface area (Å²) < 4.78 is 14.6. The fourth-order valence-corrected chi connectivity index (χ4v) is 3.91. The molecule has 2 fully saturated rings. The molecule has 2 unspecified atom stereocenters. The van der Waals surface area contributed by atoms with Crippen LogP contribution in [0.2, 0.25) is 0 Å². The molecule has 28 heavy (non-hydrogen) atoms. The van der Waals surface area contributed by atoms with E-state index in [0.717, 1.165) is 29.8 Å². The van der Waals surface area contributed by atoms with E-state index in [0.29, 0.717) is 25.1 Å². The van der Waals surface area contributed by atoms with Gasteiger partial charge in [-0.05, 0) is 56.0 Å². The average Bonchev–Trinajstić information content (AvgIpc) is 3.51. The number of carbonyl (C=O) groups is 1. The molecule has 0 bridgehead atoms. The molecule has 1 saturated carbocycles. The maximum Gasteiger partial charge on any atom is 0.157 e. The second-order valence-electron chi connectivity index (χ2n) is 7.80. The molecule has 2 atom stereocenters. The highest BCUT2D eigenvalue weighted by Gasteiger charge is 2.40. The van der Waals surface area contributed by atoms with Crippen molar-refractivity contribution in [1.29, 1.82) is 0 Å². The second-order valence-corrected chi connectivity index (χ2v) is 7.80. The first-order chi connectivity index (χ1) is 13.5. The van der Waals surface area contributed by atoms with E-state index in [2.05, 4.69) is 4.98 Å². The van der Waals surface area contributed by atoms with Gasteiger partial charge >= 0.3 is 0 Å². The first-order valence-corrected chi connectivity index (χ1v) is 9.87. The van der Waals surface area contributed by atoms with E-state index >= 15 is 0 Å². The van der Waals surface area contributed by atoms with Crippen molar-refractivity contribution in [1.82, 2.24) is 9.88 Å². The molecule has 1 aliphatic heterocycles. The molecule has 4 rings (SSSR count). The van der Waals surface area contributed by atoms with Crippen molar-refractivity contribution in [2.75, 3.05) is 13.1 Å². The molecule has 0 spiro atoms. The van der Waals surface area contributed by atoms with E-state index in [4.69, 9.17) is 0 Å². The van der Waals surface area contributed by atoms with Gasteiger partial charge < -0.3 is 5.11 Å². The van der Waals surface area contributed by atoms with Gasteiger partial charge in [0, 0.05) is 30.3 Å². The van der Waals surface area contributed by atoms with Gasteiger partial charge in [-0.15, -0.1) is 0 Å². The maximum atomic E-state index is 14.6. The Labute approximate surface area is 164 Å². The Morgan fingerprint density at radius 3 is 2.71 bits per heavy atom. The normalized spacial score (nSPS) is 23.0. The second kappa shape index (κ2) is 7.94. The molecule has 1 N–H and O–H groups in total. The minimum atomic E-state index is -0.602. The predicted molar refractivity (Wildman–Crippen MR) is 106 cm³/mol. The number of halogens is 1. The minimum absolute atomic E-state index is 0.0299. The van der Waals surface area contributed by atoms with Crippen LogP contribution in [0.3, 0.4) is 0 Å². The monoisotopic (exact) mass is 380 g/mol. The summed E-state index contributed by atoms with van der Waals surface area (Å²) in [5.41, 5.74) is 2.94. The molecule has 146 valence electrons. The number of rotatable bonds is 5. The first kappa shape index (κ1) is 19.0. The van der Waals surface area contributed by atoms with E-state index in [1.807, 2.05) is 36.1 Å². The summed E-state index contributed by atoms with van der Waals surface area (Å²) in [5.74, 6) is -0.227. The number of aryl methyl sites for hydroxylation is 1. The van der Waals surface area contributed by atoms with Gasteiger partial charge in [0.15, 0.2) is 5.78 Å². The number of carbonyl (C=O) groups excluding carboxylic acids is 1. The van der Waals surface area contributed by atoms with Gasteiger partial charge in [-0.25, -0.2) is 4.39 Å². The van der Waals surface area contributed by atoms with E-state index in [9.17, 15) is 14.3 Å². The SMILES string of the molecule is Cc1cccc(/C=C2/CN(C(C(=O)C3CC3)c3ccccc3F)CCC2O)n1. The van der Waals surface area contributed by atoms with E-state index in [1.165, 1.54) is 6.07 Å². The summed E-state index contributed by atoms with van der Waals surface area (Å²) in [6.07, 6.45) is 3.60. The van der Waals surface area contributed by atoms with Crippen molar-refractivity contribution in [2.45, 2.75) is 38.3 Å². The lowest BCUT2D eigenvalue weighted by atomic mass is 9.92. The van der Waals surface area contributed by atoms with Crippen LogP contribution in [0.15, 0.2) is 48.0 Å². The first-order valence-electron chi connectivity index (χ1n) is 9.87. The number of pyridine rings is 1. The molecule has 1 aliphatic carbocycles. The van der Waals surface area contributed by atoms with Crippen LogP contribution in [0.25, 0.3) is 6.08 Å². The number of aromatic nitrogens is 1. The molecule has 5 heteroatoms. The van der Waals surface area contributed by atoms with Gasteiger partial charge in [0.25, 0.3) is 0 Å². The lowest BCUT2D eigenvalue weighted by Gasteiger charge is -2.37. The Morgan fingerprint density at radius 2 is 2.00 bits per heavy atom. The summed E-state index contributed by atoms with van der Waals surface area (Å²) in [6.45, 7) is 2.90. The Morgan fingerprint density at radius 1 is 1.21 bits per heavy atom. The molecular formula is C23H25FN2O2. The third-order valence-corrected chi connectivity index (χ3v) is 5.56. The van der Waals surface area contributed by atoms with Gasteiger partial charge in [0.1, 0.15) is 5.82 Å². The van der Waals surface area contributed by atoms with Gasteiger partial charge in [-0.2, -0.15) is 0 Å². The molecule has 1 aromatic heterocycles. The number of aliphatic hydroxyl groups excluding tert-OH is 1. The highest BCUT2D eigenvalue weighted by atomic mass is 19.1. The smallest absolute Gasteiger partial charge is 0.157 e. The lowest BCUT2D eigenvalue weighted by molar-refractivity contribution is -0.126. The Bertz CT molecular complexity index is 907. The number of hydrogen-bond acceptors (Lipinski definition) is 4. The number of Topliss-reactive ketones (excluding diaryl/α,β-unsaturated/α-hetero) is 1. The number of ketones is 1. The minimum Gasteiger partial charge on any atom is -0.389 e. The van der Waals surface area contributed by atoms with Crippen molar-refractivity contribution < 1.29 is 14.3 Å². The third-order valence-electron chi connectivity index (χ3n) is 5.56. The Kier molecular flexibility index (Phi) is 5.38. The summed E-state index contributed by atoms with van der Waals surface area (Å²) >= 11 is 0. The summed E-state index contributed by atoms with van der Waals surface area (Å²) in [7, 11) is 0. The van der Waals surface area contributed by atoms with Gasteiger partial charge in [0.05, 0.1) is 17.8 Å². The number of piperidine rings is 1. The molecule has 2 heterocycles. The molecule has 2 aliphatic rings. The van der Waals surface area contributed by atoms with Crippen LogP contribution in [0.4, 0.5) is 4.39 Å². The standard InChI is InChI=1S/C23H25FN2O2/c1-15-5-4-6-18(25-15)13-17-14-26(12-11-21(17)27)22(23(28)16-9-10-16)19-7-2-3-8-20(19)24/h2-8,13,16,21-22,27H,9-12,14H2,1H3/b17-13-. The fourth-order valence-electron chi connectivity index (χ4n) is 3.91. The number of likely N-dealkylation sites (tertiary alicyclic amines) is 1. The zero-order valence-electron chi connectivity index (χ0n) is 16.0. The zero-order valence-corrected chi connectivity index (χ0v) is 16.0. The van der Waals surface area contributed by atoms with Crippen molar-refractivity contribution in [3.05, 3.63) is 70.8 Å². The van der Waals surface area contributed by atoms with Gasteiger partial charge in [-0.3, -0.25) is 14.7 Å². The van der Waals surface area contributed by atoms with E-state index in [-0.39, 0.29) is 17.5 Å². The molecule has 4 nitrogen and oxygen atoms in total. The zero-order chi connectivity index (χ0) is 19.7. The van der Waals surface area contributed by atoms with Crippen LogP contribution >= 0.6 is 0 Å². The molecule has 0 amide bonds. The summed E-state index contributed by atoms with van der Waals surface area (Å²) in [4.78, 5) is 19.5. The van der Waals surface area contributed by atoms with Gasteiger partial charge in [0.2, 0.25) is 0 Å². The van der Waals surface area contributed by atoms with Crippen LogP contribution in [0.1, 0.15) is 42.3 Å². The predicted octanol–water partition coefficient (Wildman–Crippen LogP) is 3.70. The van der Waals surface area contributed by atoms with Crippen molar-refractivity contribution in [2.24, 2.45) is 5.92 Å². The number of aliphatic hydroxyl groups is 1. The maximum absolute atomic E-state index is 14.6. The molecule has 1 saturated heterocycles. The van der Waals surface area contributed by atoms with Crippen molar-refractivity contribution >= 4 is 11.9 Å². The average molecular weight is 380 g/mol. The van der Waals surface area contributed by atoms with Crippen molar-refractivity contribution in [3.8, 4) is 0 Å². The molecule has 2 aromatic rings. The van der Waals surface area contributed by atoms with Crippen LogP contribution in [0, 0.1) is 18.7 Å².